The Morgan fingerprint density at radius 2 is 1.86 bits per heavy atom. The SMILES string of the molecule is CN(c1ccccc1)c1ccc(C(=O)N2C(C(=O)O)CC3CCCCC32)cn1. The fourth-order valence-electron chi connectivity index (χ4n) is 4.62. The third kappa shape index (κ3) is 3.35. The van der Waals surface area contributed by atoms with Gasteiger partial charge in [-0.25, -0.2) is 9.78 Å². The lowest BCUT2D eigenvalue weighted by molar-refractivity contribution is -0.141. The summed E-state index contributed by atoms with van der Waals surface area (Å²) in [4.78, 5) is 33.0. The number of aliphatic carboxylic acids is 1. The molecule has 1 N–H and O–H groups in total. The molecule has 2 heterocycles. The number of aromatic nitrogens is 1. The van der Waals surface area contributed by atoms with Crippen LogP contribution in [0.25, 0.3) is 0 Å². The van der Waals surface area contributed by atoms with Gasteiger partial charge in [-0.05, 0) is 49.4 Å². The quantitative estimate of drug-likeness (QED) is 0.877. The summed E-state index contributed by atoms with van der Waals surface area (Å²) in [5, 5.41) is 9.65. The second-order valence-corrected chi connectivity index (χ2v) is 7.71. The fraction of sp³-hybridized carbons (Fsp3) is 0.409. The van der Waals surface area contributed by atoms with Crippen molar-refractivity contribution in [2.45, 2.75) is 44.2 Å². The van der Waals surface area contributed by atoms with Crippen molar-refractivity contribution >= 4 is 23.4 Å². The first kappa shape index (κ1) is 18.5. The Morgan fingerprint density at radius 3 is 2.54 bits per heavy atom. The van der Waals surface area contributed by atoms with E-state index in [0.717, 1.165) is 37.2 Å². The molecule has 1 saturated carbocycles. The van der Waals surface area contributed by atoms with E-state index in [4.69, 9.17) is 0 Å². The molecular weight excluding hydrogens is 354 g/mol. The van der Waals surface area contributed by atoms with Gasteiger partial charge < -0.3 is 14.9 Å². The molecule has 1 saturated heterocycles. The maximum atomic E-state index is 13.2. The van der Waals surface area contributed by atoms with E-state index in [1.807, 2.05) is 48.3 Å². The Bertz CT molecular complexity index is 853. The van der Waals surface area contributed by atoms with Gasteiger partial charge in [0.25, 0.3) is 5.91 Å². The summed E-state index contributed by atoms with van der Waals surface area (Å²) in [6.45, 7) is 0. The molecule has 3 unspecified atom stereocenters. The van der Waals surface area contributed by atoms with Gasteiger partial charge in [-0.1, -0.05) is 31.0 Å². The molecule has 4 rings (SSSR count). The monoisotopic (exact) mass is 379 g/mol. The van der Waals surface area contributed by atoms with Crippen LogP contribution in [-0.4, -0.2) is 46.0 Å². The zero-order chi connectivity index (χ0) is 19.7. The summed E-state index contributed by atoms with van der Waals surface area (Å²) in [5.74, 6) is -0.0934. The number of carboxylic acids is 1. The van der Waals surface area contributed by atoms with Crippen LogP contribution < -0.4 is 4.90 Å². The lowest BCUT2D eigenvalue weighted by Gasteiger charge is -2.33. The van der Waals surface area contributed by atoms with Crippen molar-refractivity contribution in [3.8, 4) is 0 Å². The number of amides is 1. The van der Waals surface area contributed by atoms with Gasteiger partial charge in [-0.3, -0.25) is 4.79 Å². The molecule has 1 aromatic heterocycles. The molecule has 2 aliphatic rings. The Morgan fingerprint density at radius 1 is 1.11 bits per heavy atom. The maximum Gasteiger partial charge on any atom is 0.326 e. The summed E-state index contributed by atoms with van der Waals surface area (Å²) < 4.78 is 0. The summed E-state index contributed by atoms with van der Waals surface area (Å²) in [7, 11) is 1.92. The van der Waals surface area contributed by atoms with Crippen molar-refractivity contribution in [3.63, 3.8) is 0 Å². The van der Waals surface area contributed by atoms with Crippen LogP contribution in [0.2, 0.25) is 0 Å². The van der Waals surface area contributed by atoms with Crippen molar-refractivity contribution in [3.05, 3.63) is 54.2 Å². The van der Waals surface area contributed by atoms with Crippen molar-refractivity contribution in [1.82, 2.24) is 9.88 Å². The number of rotatable bonds is 4. The third-order valence-corrected chi connectivity index (χ3v) is 6.09. The van der Waals surface area contributed by atoms with Crippen molar-refractivity contribution in [1.29, 1.82) is 0 Å². The molecule has 2 aromatic rings. The molecule has 6 heteroatoms. The Labute approximate surface area is 164 Å². The number of hydrogen-bond donors (Lipinski definition) is 1. The lowest BCUT2D eigenvalue weighted by Crippen LogP contribution is -2.46. The van der Waals surface area contributed by atoms with E-state index >= 15 is 0 Å². The summed E-state index contributed by atoms with van der Waals surface area (Å²) in [6.07, 6.45) is 6.20. The molecule has 3 atom stereocenters. The summed E-state index contributed by atoms with van der Waals surface area (Å²) in [5.41, 5.74) is 1.45. The Kier molecular flexibility index (Phi) is 5.03. The number of benzene rings is 1. The number of para-hydroxylation sites is 1. The third-order valence-electron chi connectivity index (χ3n) is 6.09. The maximum absolute atomic E-state index is 13.2. The first-order valence-corrected chi connectivity index (χ1v) is 9.86. The molecule has 1 amide bonds. The van der Waals surface area contributed by atoms with Crippen LogP contribution in [0.5, 0.6) is 0 Å². The number of pyridine rings is 1. The Hall–Kier alpha value is -2.89. The van der Waals surface area contributed by atoms with Crippen LogP contribution in [0.4, 0.5) is 11.5 Å². The normalized spacial score (nSPS) is 23.9. The fourth-order valence-corrected chi connectivity index (χ4v) is 4.62. The zero-order valence-electron chi connectivity index (χ0n) is 16.0. The largest absolute Gasteiger partial charge is 0.480 e. The highest BCUT2D eigenvalue weighted by Crippen LogP contribution is 2.40. The van der Waals surface area contributed by atoms with Crippen molar-refractivity contribution in [2.75, 3.05) is 11.9 Å². The number of carbonyl (C=O) groups is 2. The van der Waals surface area contributed by atoms with E-state index in [0.29, 0.717) is 17.9 Å². The predicted octanol–water partition coefficient (Wildman–Crippen LogP) is 3.71. The number of hydrogen-bond acceptors (Lipinski definition) is 4. The van der Waals surface area contributed by atoms with Gasteiger partial charge in [0.2, 0.25) is 0 Å². The number of anilines is 2. The van der Waals surface area contributed by atoms with Crippen LogP contribution in [-0.2, 0) is 4.79 Å². The molecule has 1 aliphatic heterocycles. The van der Waals surface area contributed by atoms with Crippen LogP contribution in [0.15, 0.2) is 48.7 Å². The highest BCUT2D eigenvalue weighted by atomic mass is 16.4. The van der Waals surface area contributed by atoms with E-state index < -0.39 is 12.0 Å². The topological polar surface area (TPSA) is 73.7 Å². The first-order valence-electron chi connectivity index (χ1n) is 9.86. The van der Waals surface area contributed by atoms with Gasteiger partial charge in [0, 0.05) is 25.0 Å². The number of carbonyl (C=O) groups excluding carboxylic acids is 1. The smallest absolute Gasteiger partial charge is 0.326 e. The standard InChI is InChI=1S/C22H25N3O3/c1-24(17-8-3-2-4-9-17)20-12-11-16(14-23-20)21(26)25-18-10-6-5-7-15(18)13-19(25)22(27)28/h2-4,8-9,11-12,14-15,18-19H,5-7,10,13H2,1H3,(H,27,28). The summed E-state index contributed by atoms with van der Waals surface area (Å²) in [6, 6.07) is 12.7. The lowest BCUT2D eigenvalue weighted by atomic mass is 9.84. The molecule has 1 aromatic carbocycles. The van der Waals surface area contributed by atoms with Crippen LogP contribution in [0.1, 0.15) is 42.5 Å². The van der Waals surface area contributed by atoms with Gasteiger partial charge in [-0.15, -0.1) is 0 Å². The second kappa shape index (κ2) is 7.62. The van der Waals surface area contributed by atoms with E-state index in [2.05, 4.69) is 4.98 Å². The van der Waals surface area contributed by atoms with Crippen LogP contribution in [0, 0.1) is 5.92 Å². The van der Waals surface area contributed by atoms with Gasteiger partial charge in [0.05, 0.1) is 5.56 Å². The molecule has 28 heavy (non-hydrogen) atoms. The Balaban J connectivity index is 1.56. The minimum absolute atomic E-state index is 0.0361. The van der Waals surface area contributed by atoms with Gasteiger partial charge in [-0.2, -0.15) is 0 Å². The van der Waals surface area contributed by atoms with E-state index in [-0.39, 0.29) is 11.9 Å². The van der Waals surface area contributed by atoms with Gasteiger partial charge in [0.15, 0.2) is 0 Å². The first-order chi connectivity index (χ1) is 13.6. The molecule has 6 nitrogen and oxygen atoms in total. The minimum Gasteiger partial charge on any atom is -0.480 e. The minimum atomic E-state index is -0.906. The highest BCUT2D eigenvalue weighted by Gasteiger charge is 2.47. The molecule has 0 bridgehead atoms. The van der Waals surface area contributed by atoms with Gasteiger partial charge in [0.1, 0.15) is 11.9 Å². The van der Waals surface area contributed by atoms with E-state index in [1.54, 1.807) is 17.2 Å². The van der Waals surface area contributed by atoms with Crippen molar-refractivity contribution < 1.29 is 14.7 Å². The molecule has 2 fully saturated rings. The number of nitrogens with zero attached hydrogens (tertiary/aromatic N) is 3. The number of carboxylic acid groups (broad SMARTS) is 1. The zero-order valence-corrected chi connectivity index (χ0v) is 16.0. The highest BCUT2D eigenvalue weighted by molar-refractivity contribution is 5.97. The van der Waals surface area contributed by atoms with Crippen molar-refractivity contribution in [2.24, 2.45) is 5.92 Å². The van der Waals surface area contributed by atoms with E-state index in [1.165, 1.54) is 0 Å². The van der Waals surface area contributed by atoms with E-state index in [9.17, 15) is 14.7 Å². The number of fused-ring (bicyclic) bond motifs is 1. The molecule has 0 radical (unpaired) electrons. The van der Waals surface area contributed by atoms with Crippen LogP contribution in [0.3, 0.4) is 0 Å². The average Bonchev–Trinajstić information content (AvgIpc) is 3.13. The van der Waals surface area contributed by atoms with Crippen LogP contribution >= 0.6 is 0 Å². The second-order valence-electron chi connectivity index (χ2n) is 7.71. The molecule has 0 spiro atoms. The molecule has 146 valence electrons. The predicted molar refractivity (Wildman–Crippen MR) is 107 cm³/mol. The average molecular weight is 379 g/mol. The summed E-state index contributed by atoms with van der Waals surface area (Å²) >= 11 is 0. The molecule has 1 aliphatic carbocycles. The van der Waals surface area contributed by atoms with Gasteiger partial charge >= 0.3 is 5.97 Å². The number of likely N-dealkylation sites (tertiary alicyclic amines) is 1. The molecular formula is C22H25N3O3.